The molecule has 2 N–H and O–H groups in total. The van der Waals surface area contributed by atoms with Crippen LogP contribution in [0.1, 0.15) is 23.9 Å². The number of rotatable bonds is 7. The fraction of sp³-hybridized carbons (Fsp3) is 0.500. The molecule has 19 heavy (non-hydrogen) atoms. The maximum Gasteiger partial charge on any atom is 0.287 e. The van der Waals surface area contributed by atoms with Gasteiger partial charge in [0.25, 0.3) is 5.91 Å². The Morgan fingerprint density at radius 3 is 2.68 bits per heavy atom. The van der Waals surface area contributed by atoms with Gasteiger partial charge < -0.3 is 19.7 Å². The number of carbonyl (C=O) groups is 2. The van der Waals surface area contributed by atoms with E-state index in [0.29, 0.717) is 11.2 Å². The average molecular weight is 333 g/mol. The van der Waals surface area contributed by atoms with E-state index >= 15 is 0 Å². The van der Waals surface area contributed by atoms with Crippen LogP contribution in [0.15, 0.2) is 21.2 Å². The number of hydrogen-bond donors (Lipinski definition) is 2. The molecule has 0 atom stereocenters. The summed E-state index contributed by atoms with van der Waals surface area (Å²) in [5.41, 5.74) is 0. The van der Waals surface area contributed by atoms with Gasteiger partial charge in [0.15, 0.2) is 10.4 Å². The highest BCUT2D eigenvalue weighted by molar-refractivity contribution is 9.10. The van der Waals surface area contributed by atoms with E-state index in [1.807, 2.05) is 6.92 Å². The van der Waals surface area contributed by atoms with Crippen molar-refractivity contribution in [1.29, 1.82) is 0 Å². The molecule has 0 saturated heterocycles. The number of furan rings is 1. The third kappa shape index (κ3) is 5.04. The van der Waals surface area contributed by atoms with Crippen LogP contribution in [0, 0.1) is 0 Å². The molecule has 7 heteroatoms. The van der Waals surface area contributed by atoms with Gasteiger partial charge in [0, 0.05) is 13.1 Å². The standard InChI is InChI=1S/C12H17BrN2O4/c1-2-5-15(6-7-16)11(17)8-14-12(18)9-3-4-10(13)19-9/h3-4,16H,2,5-8H2,1H3,(H,14,18). The van der Waals surface area contributed by atoms with Crippen LogP contribution in [0.3, 0.4) is 0 Å². The summed E-state index contributed by atoms with van der Waals surface area (Å²) in [5, 5.41) is 11.4. The Morgan fingerprint density at radius 1 is 1.42 bits per heavy atom. The Hall–Kier alpha value is -1.34. The number of aliphatic hydroxyl groups excluding tert-OH is 1. The van der Waals surface area contributed by atoms with Crippen molar-refractivity contribution in [2.24, 2.45) is 0 Å². The molecule has 1 rings (SSSR count). The molecule has 0 aliphatic carbocycles. The fourth-order valence-electron chi connectivity index (χ4n) is 1.54. The molecule has 0 bridgehead atoms. The summed E-state index contributed by atoms with van der Waals surface area (Å²) >= 11 is 3.10. The second-order valence-electron chi connectivity index (χ2n) is 3.89. The van der Waals surface area contributed by atoms with Crippen LogP contribution in [-0.4, -0.2) is 48.1 Å². The quantitative estimate of drug-likeness (QED) is 0.780. The van der Waals surface area contributed by atoms with E-state index in [1.54, 1.807) is 6.07 Å². The summed E-state index contributed by atoms with van der Waals surface area (Å²) in [6, 6.07) is 3.12. The Kier molecular flexibility index (Phi) is 6.58. The van der Waals surface area contributed by atoms with E-state index in [2.05, 4.69) is 21.2 Å². The Labute approximate surface area is 119 Å². The van der Waals surface area contributed by atoms with Crippen LogP contribution in [-0.2, 0) is 4.79 Å². The SMILES string of the molecule is CCCN(CCO)C(=O)CNC(=O)c1ccc(Br)o1. The van der Waals surface area contributed by atoms with Crippen molar-refractivity contribution in [3.63, 3.8) is 0 Å². The molecule has 106 valence electrons. The van der Waals surface area contributed by atoms with Gasteiger partial charge in [-0.15, -0.1) is 0 Å². The summed E-state index contributed by atoms with van der Waals surface area (Å²) in [4.78, 5) is 25.0. The van der Waals surface area contributed by atoms with Crippen LogP contribution in [0.4, 0.5) is 0 Å². The second-order valence-corrected chi connectivity index (χ2v) is 4.67. The molecule has 0 unspecified atom stereocenters. The van der Waals surface area contributed by atoms with E-state index in [0.717, 1.165) is 6.42 Å². The van der Waals surface area contributed by atoms with Gasteiger partial charge in [-0.25, -0.2) is 0 Å². The van der Waals surface area contributed by atoms with Crippen molar-refractivity contribution in [2.45, 2.75) is 13.3 Å². The molecule has 0 aliphatic heterocycles. The van der Waals surface area contributed by atoms with Crippen molar-refractivity contribution in [1.82, 2.24) is 10.2 Å². The van der Waals surface area contributed by atoms with Crippen LogP contribution < -0.4 is 5.32 Å². The number of carbonyl (C=O) groups excluding carboxylic acids is 2. The van der Waals surface area contributed by atoms with Crippen molar-refractivity contribution >= 4 is 27.7 Å². The molecule has 0 aromatic carbocycles. The lowest BCUT2D eigenvalue weighted by atomic mass is 10.3. The molecule has 1 heterocycles. The molecule has 0 radical (unpaired) electrons. The van der Waals surface area contributed by atoms with Crippen molar-refractivity contribution in [3.05, 3.63) is 22.6 Å². The highest BCUT2D eigenvalue weighted by atomic mass is 79.9. The van der Waals surface area contributed by atoms with Gasteiger partial charge in [-0.2, -0.15) is 0 Å². The molecule has 0 aliphatic rings. The molecular formula is C12H17BrN2O4. The summed E-state index contributed by atoms with van der Waals surface area (Å²) in [7, 11) is 0. The Balaban J connectivity index is 2.46. The summed E-state index contributed by atoms with van der Waals surface area (Å²) < 4.78 is 5.53. The first-order chi connectivity index (χ1) is 9.08. The molecule has 0 spiro atoms. The smallest absolute Gasteiger partial charge is 0.287 e. The third-order valence-electron chi connectivity index (χ3n) is 2.41. The zero-order valence-electron chi connectivity index (χ0n) is 10.7. The molecule has 0 saturated carbocycles. The minimum Gasteiger partial charge on any atom is -0.444 e. The highest BCUT2D eigenvalue weighted by Gasteiger charge is 2.15. The minimum absolute atomic E-state index is 0.0924. The van der Waals surface area contributed by atoms with Gasteiger partial charge >= 0.3 is 0 Å². The van der Waals surface area contributed by atoms with Crippen LogP contribution >= 0.6 is 15.9 Å². The monoisotopic (exact) mass is 332 g/mol. The normalized spacial score (nSPS) is 10.3. The van der Waals surface area contributed by atoms with Crippen molar-refractivity contribution in [2.75, 3.05) is 26.2 Å². The summed E-state index contributed by atoms with van der Waals surface area (Å²) in [6.07, 6.45) is 0.796. The second kappa shape index (κ2) is 7.96. The van der Waals surface area contributed by atoms with Crippen LogP contribution in [0.25, 0.3) is 0 Å². The van der Waals surface area contributed by atoms with Gasteiger partial charge in [-0.1, -0.05) is 6.92 Å². The largest absolute Gasteiger partial charge is 0.444 e. The fourth-order valence-corrected chi connectivity index (χ4v) is 1.85. The van der Waals surface area contributed by atoms with E-state index in [4.69, 9.17) is 9.52 Å². The molecule has 0 fully saturated rings. The van der Waals surface area contributed by atoms with Gasteiger partial charge in [-0.3, -0.25) is 9.59 Å². The predicted octanol–water partition coefficient (Wildman–Crippen LogP) is 1.00. The maximum atomic E-state index is 11.8. The zero-order valence-corrected chi connectivity index (χ0v) is 12.3. The molecule has 6 nitrogen and oxygen atoms in total. The highest BCUT2D eigenvalue weighted by Crippen LogP contribution is 2.13. The van der Waals surface area contributed by atoms with E-state index < -0.39 is 5.91 Å². The lowest BCUT2D eigenvalue weighted by Gasteiger charge is -2.20. The van der Waals surface area contributed by atoms with E-state index in [9.17, 15) is 9.59 Å². The number of nitrogens with zero attached hydrogens (tertiary/aromatic N) is 1. The third-order valence-corrected chi connectivity index (χ3v) is 2.84. The number of halogens is 1. The van der Waals surface area contributed by atoms with Crippen molar-refractivity contribution in [3.8, 4) is 0 Å². The van der Waals surface area contributed by atoms with Crippen LogP contribution in [0.2, 0.25) is 0 Å². The zero-order chi connectivity index (χ0) is 14.3. The lowest BCUT2D eigenvalue weighted by molar-refractivity contribution is -0.130. The van der Waals surface area contributed by atoms with Gasteiger partial charge in [0.05, 0.1) is 13.2 Å². The van der Waals surface area contributed by atoms with Gasteiger partial charge in [0.2, 0.25) is 5.91 Å². The van der Waals surface area contributed by atoms with Gasteiger partial charge in [-0.05, 0) is 34.5 Å². The van der Waals surface area contributed by atoms with Crippen molar-refractivity contribution < 1.29 is 19.1 Å². The average Bonchev–Trinajstić information content (AvgIpc) is 2.82. The maximum absolute atomic E-state index is 11.8. The lowest BCUT2D eigenvalue weighted by Crippen LogP contribution is -2.41. The summed E-state index contributed by atoms with van der Waals surface area (Å²) in [6.45, 7) is 2.56. The van der Waals surface area contributed by atoms with Gasteiger partial charge in [0.1, 0.15) is 0 Å². The number of hydrogen-bond acceptors (Lipinski definition) is 4. The topological polar surface area (TPSA) is 82.8 Å². The number of amides is 2. The Bertz CT molecular complexity index is 427. The van der Waals surface area contributed by atoms with E-state index in [-0.39, 0.29) is 31.4 Å². The minimum atomic E-state index is -0.445. The molecule has 1 aromatic heterocycles. The molecule has 2 amide bonds. The summed E-state index contributed by atoms with van der Waals surface area (Å²) in [5.74, 6) is -0.529. The predicted molar refractivity (Wildman–Crippen MR) is 72.7 cm³/mol. The molecule has 1 aromatic rings. The first-order valence-corrected chi connectivity index (χ1v) is 6.80. The van der Waals surface area contributed by atoms with E-state index in [1.165, 1.54) is 11.0 Å². The number of nitrogens with one attached hydrogen (secondary N) is 1. The number of aliphatic hydroxyl groups is 1. The van der Waals surface area contributed by atoms with Crippen LogP contribution in [0.5, 0.6) is 0 Å². The Morgan fingerprint density at radius 2 is 2.16 bits per heavy atom. The first kappa shape index (κ1) is 15.7. The first-order valence-electron chi connectivity index (χ1n) is 6.00. The molecular weight excluding hydrogens is 316 g/mol.